The molecule has 3 amide bonds. The van der Waals surface area contributed by atoms with Gasteiger partial charge in [0.25, 0.3) is 5.91 Å². The number of ether oxygens (including phenoxy) is 1. The summed E-state index contributed by atoms with van der Waals surface area (Å²) in [5.41, 5.74) is 0.895. The van der Waals surface area contributed by atoms with Crippen LogP contribution in [0.5, 0.6) is 5.75 Å². The number of carbonyl (C=O) groups is 2. The first kappa shape index (κ1) is 18.0. The number of nitro groups is 1. The molecule has 140 valence electrons. The summed E-state index contributed by atoms with van der Waals surface area (Å²) in [6, 6.07) is 7.80. The van der Waals surface area contributed by atoms with E-state index in [4.69, 9.17) is 9.15 Å². The van der Waals surface area contributed by atoms with E-state index in [2.05, 4.69) is 16.0 Å². The lowest BCUT2D eigenvalue weighted by Gasteiger charge is -2.27. The van der Waals surface area contributed by atoms with Gasteiger partial charge >= 0.3 is 11.9 Å². The molecule has 0 radical (unpaired) electrons. The fourth-order valence-electron chi connectivity index (χ4n) is 2.74. The summed E-state index contributed by atoms with van der Waals surface area (Å²) in [5, 5.41) is 18.6. The lowest BCUT2D eigenvalue weighted by Crippen LogP contribution is -2.45. The Kier molecular flexibility index (Phi) is 4.79. The second kappa shape index (κ2) is 7.20. The summed E-state index contributed by atoms with van der Waals surface area (Å²) in [6.07, 6.45) is 0. The molecule has 1 aromatic carbocycles. The molecule has 0 bridgehead atoms. The summed E-state index contributed by atoms with van der Waals surface area (Å²) < 4.78 is 10.4. The molecule has 1 atom stereocenters. The molecule has 0 fully saturated rings. The SMILES string of the molecule is COc1ccccc1NC(=O)C1=C(C)NC(=O)NC1c1ccc([N+](=O)[O-])o1. The predicted octanol–water partition coefficient (Wildman–Crippen LogP) is 2.46. The molecule has 10 heteroatoms. The topological polar surface area (TPSA) is 136 Å². The van der Waals surface area contributed by atoms with E-state index in [1.807, 2.05) is 0 Å². The fraction of sp³-hybridized carbons (Fsp3) is 0.176. The quantitative estimate of drug-likeness (QED) is 0.545. The molecule has 1 unspecified atom stereocenters. The highest BCUT2D eigenvalue weighted by molar-refractivity contribution is 6.07. The van der Waals surface area contributed by atoms with Crippen LogP contribution in [0.2, 0.25) is 0 Å². The number of urea groups is 1. The van der Waals surface area contributed by atoms with Gasteiger partial charge in [-0.3, -0.25) is 14.9 Å². The van der Waals surface area contributed by atoms with Gasteiger partial charge in [-0.15, -0.1) is 0 Å². The number of hydrogen-bond donors (Lipinski definition) is 3. The molecule has 2 aromatic rings. The summed E-state index contributed by atoms with van der Waals surface area (Å²) in [5.74, 6) is -0.475. The molecule has 3 N–H and O–H groups in total. The van der Waals surface area contributed by atoms with E-state index in [0.717, 1.165) is 6.07 Å². The average molecular weight is 372 g/mol. The maximum atomic E-state index is 12.9. The molecule has 0 aliphatic carbocycles. The Labute approximate surface area is 153 Å². The highest BCUT2D eigenvalue weighted by Gasteiger charge is 2.34. The summed E-state index contributed by atoms with van der Waals surface area (Å²) >= 11 is 0. The predicted molar refractivity (Wildman–Crippen MR) is 94.1 cm³/mol. The molecule has 0 saturated carbocycles. The monoisotopic (exact) mass is 372 g/mol. The first-order valence-electron chi connectivity index (χ1n) is 7.87. The Morgan fingerprint density at radius 2 is 2.04 bits per heavy atom. The van der Waals surface area contributed by atoms with Gasteiger partial charge < -0.3 is 25.1 Å². The number of rotatable bonds is 5. The Morgan fingerprint density at radius 3 is 2.70 bits per heavy atom. The van der Waals surface area contributed by atoms with Crippen molar-refractivity contribution in [2.75, 3.05) is 12.4 Å². The van der Waals surface area contributed by atoms with Crippen molar-refractivity contribution < 1.29 is 23.7 Å². The number of amides is 3. The van der Waals surface area contributed by atoms with E-state index in [1.165, 1.54) is 13.2 Å². The summed E-state index contributed by atoms with van der Waals surface area (Å²) in [7, 11) is 1.47. The van der Waals surface area contributed by atoms with Crippen LogP contribution in [-0.4, -0.2) is 24.0 Å². The van der Waals surface area contributed by atoms with Crippen molar-refractivity contribution in [3.05, 3.63) is 63.5 Å². The van der Waals surface area contributed by atoms with Crippen LogP contribution in [0.4, 0.5) is 16.4 Å². The van der Waals surface area contributed by atoms with Crippen LogP contribution in [0, 0.1) is 10.1 Å². The Balaban J connectivity index is 1.95. The minimum absolute atomic E-state index is 0.0704. The van der Waals surface area contributed by atoms with Crippen molar-refractivity contribution in [2.24, 2.45) is 0 Å². The maximum absolute atomic E-state index is 12.9. The van der Waals surface area contributed by atoms with Crippen molar-refractivity contribution in [3.63, 3.8) is 0 Å². The van der Waals surface area contributed by atoms with Crippen molar-refractivity contribution >= 4 is 23.5 Å². The number of hydrogen-bond acceptors (Lipinski definition) is 6. The largest absolute Gasteiger partial charge is 0.495 e. The van der Waals surface area contributed by atoms with Gasteiger partial charge in [-0.25, -0.2) is 4.79 Å². The lowest BCUT2D eigenvalue weighted by molar-refractivity contribution is -0.402. The zero-order chi connectivity index (χ0) is 19.6. The summed E-state index contributed by atoms with van der Waals surface area (Å²) in [6.45, 7) is 1.56. The smallest absolute Gasteiger partial charge is 0.433 e. The normalized spacial score (nSPS) is 16.4. The molecule has 0 saturated heterocycles. The molecule has 3 rings (SSSR count). The third kappa shape index (κ3) is 3.59. The van der Waals surface area contributed by atoms with Gasteiger partial charge in [0.15, 0.2) is 0 Å². The van der Waals surface area contributed by atoms with Gasteiger partial charge in [0.2, 0.25) is 0 Å². The minimum atomic E-state index is -0.984. The standard InChI is InChI=1S/C17H16N4O6/c1-9-14(16(22)19-10-5-3-4-6-11(10)26-2)15(20-17(23)18-9)12-7-8-13(27-12)21(24)25/h3-8,15H,1-2H3,(H,19,22)(H2,18,20,23). The first-order chi connectivity index (χ1) is 12.9. The van der Waals surface area contributed by atoms with Gasteiger partial charge in [0.05, 0.1) is 24.4 Å². The van der Waals surface area contributed by atoms with Gasteiger partial charge in [0.1, 0.15) is 22.5 Å². The molecular weight excluding hydrogens is 356 g/mol. The lowest BCUT2D eigenvalue weighted by atomic mass is 9.99. The minimum Gasteiger partial charge on any atom is -0.495 e. The van der Waals surface area contributed by atoms with E-state index in [0.29, 0.717) is 17.1 Å². The van der Waals surface area contributed by atoms with E-state index in [-0.39, 0.29) is 11.3 Å². The summed E-state index contributed by atoms with van der Waals surface area (Å²) in [4.78, 5) is 34.9. The van der Waals surface area contributed by atoms with Crippen LogP contribution in [0.25, 0.3) is 0 Å². The van der Waals surface area contributed by atoms with E-state index in [9.17, 15) is 19.7 Å². The zero-order valence-electron chi connectivity index (χ0n) is 14.4. The van der Waals surface area contributed by atoms with Gasteiger partial charge in [-0.05, 0) is 25.1 Å². The van der Waals surface area contributed by atoms with Crippen molar-refractivity contribution in [1.29, 1.82) is 0 Å². The van der Waals surface area contributed by atoms with Crippen molar-refractivity contribution in [1.82, 2.24) is 10.6 Å². The number of benzene rings is 1. The molecule has 10 nitrogen and oxygen atoms in total. The number of nitrogens with zero attached hydrogens (tertiary/aromatic N) is 1. The number of allylic oxidation sites excluding steroid dienone is 1. The molecule has 27 heavy (non-hydrogen) atoms. The first-order valence-corrected chi connectivity index (χ1v) is 7.87. The average Bonchev–Trinajstić information content (AvgIpc) is 3.11. The molecule has 0 spiro atoms. The number of furan rings is 1. The Bertz CT molecular complexity index is 948. The second-order valence-electron chi connectivity index (χ2n) is 5.66. The molecule has 2 heterocycles. The van der Waals surface area contributed by atoms with Crippen LogP contribution >= 0.6 is 0 Å². The maximum Gasteiger partial charge on any atom is 0.433 e. The van der Waals surface area contributed by atoms with Crippen LogP contribution in [0.15, 0.2) is 52.1 Å². The number of anilines is 1. The number of carbonyl (C=O) groups excluding carboxylic acids is 2. The van der Waals surface area contributed by atoms with Gasteiger partial charge in [-0.1, -0.05) is 12.1 Å². The van der Waals surface area contributed by atoms with Gasteiger partial charge in [0, 0.05) is 5.70 Å². The van der Waals surface area contributed by atoms with Crippen LogP contribution in [-0.2, 0) is 4.79 Å². The zero-order valence-corrected chi connectivity index (χ0v) is 14.4. The van der Waals surface area contributed by atoms with Crippen molar-refractivity contribution in [2.45, 2.75) is 13.0 Å². The Hall–Kier alpha value is -3.82. The van der Waals surface area contributed by atoms with Crippen LogP contribution in [0.3, 0.4) is 0 Å². The highest BCUT2D eigenvalue weighted by atomic mass is 16.6. The van der Waals surface area contributed by atoms with Crippen molar-refractivity contribution in [3.8, 4) is 5.75 Å². The third-order valence-corrected chi connectivity index (χ3v) is 3.95. The number of methoxy groups -OCH3 is 1. The molecule has 1 aliphatic rings. The van der Waals surface area contributed by atoms with E-state index in [1.54, 1.807) is 31.2 Å². The number of para-hydroxylation sites is 2. The van der Waals surface area contributed by atoms with E-state index >= 15 is 0 Å². The Morgan fingerprint density at radius 1 is 1.30 bits per heavy atom. The molecular formula is C17H16N4O6. The van der Waals surface area contributed by atoms with Crippen LogP contribution in [0.1, 0.15) is 18.7 Å². The fourth-order valence-corrected chi connectivity index (χ4v) is 2.74. The molecule has 1 aromatic heterocycles. The highest BCUT2D eigenvalue weighted by Crippen LogP contribution is 2.32. The van der Waals surface area contributed by atoms with Crippen LogP contribution < -0.4 is 20.7 Å². The van der Waals surface area contributed by atoms with Gasteiger partial charge in [-0.2, -0.15) is 0 Å². The third-order valence-electron chi connectivity index (χ3n) is 3.95. The second-order valence-corrected chi connectivity index (χ2v) is 5.66. The van der Waals surface area contributed by atoms with E-state index < -0.39 is 28.8 Å². The number of nitrogens with one attached hydrogen (secondary N) is 3. The molecule has 1 aliphatic heterocycles.